The molecule has 0 aliphatic heterocycles. The topological polar surface area (TPSA) is 26.3 Å². The zero-order valence-electron chi connectivity index (χ0n) is 11.2. The number of methoxy groups -OCH3 is 1. The van der Waals surface area contributed by atoms with Gasteiger partial charge in [-0.2, -0.15) is 0 Å². The van der Waals surface area contributed by atoms with Crippen LogP contribution in [0, 0.1) is 12.7 Å². The van der Waals surface area contributed by atoms with Gasteiger partial charge in [-0.3, -0.25) is 4.79 Å². The third kappa shape index (κ3) is 3.17. The minimum absolute atomic E-state index is 0.0196. The summed E-state index contributed by atoms with van der Waals surface area (Å²) in [6, 6.07) is 9.69. The van der Waals surface area contributed by atoms with Crippen molar-refractivity contribution < 1.29 is 13.9 Å². The second-order valence-electron chi connectivity index (χ2n) is 4.55. The number of ether oxygens (including phenoxy) is 1. The Bertz CT molecular complexity index is 653. The molecule has 0 aliphatic rings. The number of Topliss-reactive ketones (excluding diaryl/α,β-unsaturated/α-hetero) is 1. The summed E-state index contributed by atoms with van der Waals surface area (Å²) < 4.78 is 18.3. The van der Waals surface area contributed by atoms with Gasteiger partial charge >= 0.3 is 0 Å². The number of ketones is 1. The van der Waals surface area contributed by atoms with Crippen molar-refractivity contribution in [3.63, 3.8) is 0 Å². The Morgan fingerprint density at radius 1 is 1.25 bits per heavy atom. The van der Waals surface area contributed by atoms with E-state index in [1.54, 1.807) is 12.1 Å². The van der Waals surface area contributed by atoms with Crippen LogP contribution in [0.3, 0.4) is 0 Å². The van der Waals surface area contributed by atoms with Crippen LogP contribution in [-0.4, -0.2) is 12.9 Å². The van der Waals surface area contributed by atoms with Gasteiger partial charge in [0, 0.05) is 6.42 Å². The number of hydrogen-bond donors (Lipinski definition) is 0. The number of aryl methyl sites for hydroxylation is 1. The van der Waals surface area contributed by atoms with Gasteiger partial charge in [-0.25, -0.2) is 4.39 Å². The first-order valence-electron chi connectivity index (χ1n) is 6.13. The quantitative estimate of drug-likeness (QED) is 0.789. The van der Waals surface area contributed by atoms with E-state index in [1.165, 1.54) is 19.2 Å². The summed E-state index contributed by atoms with van der Waals surface area (Å²) in [5.41, 5.74) is 2.20. The minimum atomic E-state index is -0.490. The largest absolute Gasteiger partial charge is 0.496 e. The van der Waals surface area contributed by atoms with Crippen LogP contribution in [0.4, 0.5) is 4.39 Å². The first-order valence-corrected chi connectivity index (χ1v) is 6.51. The lowest BCUT2D eigenvalue weighted by Crippen LogP contribution is -2.06. The van der Waals surface area contributed by atoms with Crippen LogP contribution in [0.1, 0.15) is 21.5 Å². The summed E-state index contributed by atoms with van der Waals surface area (Å²) in [5.74, 6) is -0.0384. The van der Waals surface area contributed by atoms with E-state index in [-0.39, 0.29) is 17.2 Å². The lowest BCUT2D eigenvalue weighted by atomic mass is 10.0. The molecule has 0 aliphatic carbocycles. The van der Waals surface area contributed by atoms with Crippen molar-refractivity contribution in [2.24, 2.45) is 0 Å². The monoisotopic (exact) mass is 292 g/mol. The van der Waals surface area contributed by atoms with E-state index in [0.29, 0.717) is 16.9 Å². The fourth-order valence-electron chi connectivity index (χ4n) is 1.96. The van der Waals surface area contributed by atoms with E-state index in [0.717, 1.165) is 5.56 Å². The molecule has 2 aromatic rings. The van der Waals surface area contributed by atoms with Gasteiger partial charge in [0.25, 0.3) is 0 Å². The summed E-state index contributed by atoms with van der Waals surface area (Å²) in [5, 5.41) is 0.0196. The maximum atomic E-state index is 13.1. The fraction of sp³-hybridized carbons (Fsp3) is 0.188. The van der Waals surface area contributed by atoms with Gasteiger partial charge in [0.15, 0.2) is 5.78 Å². The standard InChI is InChI=1S/C16H14ClFO2/c1-10-3-5-12(16(7-10)20-2)15(19)9-11-4-6-14(18)13(17)8-11/h3-8H,9H2,1-2H3. The molecule has 2 aromatic carbocycles. The molecule has 0 radical (unpaired) electrons. The summed E-state index contributed by atoms with van der Waals surface area (Å²) in [4.78, 5) is 12.3. The normalized spacial score (nSPS) is 10.4. The van der Waals surface area contributed by atoms with Crippen molar-refractivity contribution in [3.05, 3.63) is 63.9 Å². The summed E-state index contributed by atoms with van der Waals surface area (Å²) in [7, 11) is 1.53. The Hall–Kier alpha value is -1.87. The molecule has 2 nitrogen and oxygen atoms in total. The molecular formula is C16H14ClFO2. The Morgan fingerprint density at radius 3 is 2.65 bits per heavy atom. The van der Waals surface area contributed by atoms with Crippen LogP contribution in [0.5, 0.6) is 5.75 Å². The van der Waals surface area contributed by atoms with Crippen molar-refractivity contribution in [3.8, 4) is 5.75 Å². The number of carbonyl (C=O) groups excluding carboxylic acids is 1. The minimum Gasteiger partial charge on any atom is -0.496 e. The maximum Gasteiger partial charge on any atom is 0.170 e. The molecule has 0 aromatic heterocycles. The van der Waals surface area contributed by atoms with Crippen molar-refractivity contribution in [2.75, 3.05) is 7.11 Å². The summed E-state index contributed by atoms with van der Waals surface area (Å²) in [6.45, 7) is 1.93. The molecule has 104 valence electrons. The summed E-state index contributed by atoms with van der Waals surface area (Å²) in [6.07, 6.45) is 0.152. The van der Waals surface area contributed by atoms with E-state index >= 15 is 0 Å². The molecule has 2 rings (SSSR count). The molecule has 4 heteroatoms. The van der Waals surface area contributed by atoms with Crippen LogP contribution >= 0.6 is 11.6 Å². The molecule has 0 amide bonds. The Kier molecular flexibility index (Phi) is 4.40. The van der Waals surface area contributed by atoms with Crippen molar-refractivity contribution in [1.29, 1.82) is 0 Å². The fourth-order valence-corrected chi connectivity index (χ4v) is 2.16. The van der Waals surface area contributed by atoms with Gasteiger partial charge in [-0.15, -0.1) is 0 Å². The average Bonchev–Trinajstić information content (AvgIpc) is 2.42. The summed E-state index contributed by atoms with van der Waals surface area (Å²) >= 11 is 5.71. The van der Waals surface area contributed by atoms with Gasteiger partial charge in [0.05, 0.1) is 17.7 Å². The van der Waals surface area contributed by atoms with Crippen LogP contribution in [0.25, 0.3) is 0 Å². The highest BCUT2D eigenvalue weighted by Crippen LogP contribution is 2.23. The number of halogens is 2. The molecule has 0 spiro atoms. The van der Waals surface area contributed by atoms with Crippen molar-refractivity contribution >= 4 is 17.4 Å². The highest BCUT2D eigenvalue weighted by molar-refractivity contribution is 6.30. The third-order valence-electron chi connectivity index (χ3n) is 3.01. The zero-order chi connectivity index (χ0) is 14.7. The lowest BCUT2D eigenvalue weighted by Gasteiger charge is -2.09. The Labute approximate surface area is 122 Å². The SMILES string of the molecule is COc1cc(C)ccc1C(=O)Cc1ccc(F)c(Cl)c1. The van der Waals surface area contributed by atoms with E-state index < -0.39 is 5.82 Å². The molecular weight excluding hydrogens is 279 g/mol. The van der Waals surface area contributed by atoms with Crippen LogP contribution < -0.4 is 4.74 Å². The van der Waals surface area contributed by atoms with E-state index in [4.69, 9.17) is 16.3 Å². The number of hydrogen-bond acceptors (Lipinski definition) is 2. The molecule has 0 saturated carbocycles. The van der Waals surface area contributed by atoms with Gasteiger partial charge in [0.2, 0.25) is 0 Å². The van der Waals surface area contributed by atoms with Crippen molar-refractivity contribution in [2.45, 2.75) is 13.3 Å². The molecule has 0 fully saturated rings. The van der Waals surface area contributed by atoms with Gasteiger partial charge < -0.3 is 4.74 Å². The van der Waals surface area contributed by atoms with Gasteiger partial charge in [0.1, 0.15) is 11.6 Å². The average molecular weight is 293 g/mol. The first-order chi connectivity index (χ1) is 9.51. The second-order valence-corrected chi connectivity index (χ2v) is 4.96. The predicted molar refractivity (Wildman–Crippen MR) is 77.2 cm³/mol. The van der Waals surface area contributed by atoms with E-state index in [9.17, 15) is 9.18 Å². The van der Waals surface area contributed by atoms with Crippen molar-refractivity contribution in [1.82, 2.24) is 0 Å². The second kappa shape index (κ2) is 6.06. The van der Waals surface area contributed by atoms with Gasteiger partial charge in [-0.1, -0.05) is 23.7 Å². The first kappa shape index (κ1) is 14.5. The van der Waals surface area contributed by atoms with Gasteiger partial charge in [-0.05, 0) is 42.3 Å². The molecule has 0 N–H and O–H groups in total. The maximum absolute atomic E-state index is 13.1. The van der Waals surface area contributed by atoms with E-state index in [2.05, 4.69) is 0 Å². The smallest absolute Gasteiger partial charge is 0.170 e. The number of rotatable bonds is 4. The highest BCUT2D eigenvalue weighted by atomic mass is 35.5. The van der Waals surface area contributed by atoms with Crippen LogP contribution in [0.2, 0.25) is 5.02 Å². The molecule has 0 unspecified atom stereocenters. The lowest BCUT2D eigenvalue weighted by molar-refractivity contribution is 0.0990. The number of carbonyl (C=O) groups is 1. The Morgan fingerprint density at radius 2 is 2.00 bits per heavy atom. The molecule has 0 atom stereocenters. The molecule has 20 heavy (non-hydrogen) atoms. The molecule has 0 heterocycles. The van der Waals surface area contributed by atoms with E-state index in [1.807, 2.05) is 19.1 Å². The van der Waals surface area contributed by atoms with Crippen LogP contribution in [0.15, 0.2) is 36.4 Å². The number of benzene rings is 2. The highest BCUT2D eigenvalue weighted by Gasteiger charge is 2.13. The zero-order valence-corrected chi connectivity index (χ0v) is 12.0. The predicted octanol–water partition coefficient (Wildman–Crippen LogP) is 4.22. The Balaban J connectivity index is 2.25. The molecule has 0 bridgehead atoms. The third-order valence-corrected chi connectivity index (χ3v) is 3.30. The molecule has 0 saturated heterocycles. The van der Waals surface area contributed by atoms with Crippen LogP contribution in [-0.2, 0) is 6.42 Å².